The molecule has 1 aromatic carbocycles. The van der Waals surface area contributed by atoms with Crippen molar-refractivity contribution in [1.82, 2.24) is 4.90 Å². The van der Waals surface area contributed by atoms with Crippen molar-refractivity contribution >= 4 is 0 Å². The first-order valence-electron chi connectivity index (χ1n) is 7.21. The summed E-state index contributed by atoms with van der Waals surface area (Å²) in [6.07, 6.45) is 6.29. The molecule has 1 unspecified atom stereocenters. The molecular weight excluding hydrogens is 222 g/mol. The fourth-order valence-electron chi connectivity index (χ4n) is 2.64. The number of hydrogen-bond donors (Lipinski definition) is 0. The second kappa shape index (κ2) is 6.79. The lowest BCUT2D eigenvalue weighted by Crippen LogP contribution is -2.37. The third-order valence-corrected chi connectivity index (χ3v) is 3.97. The van der Waals surface area contributed by atoms with Gasteiger partial charge in [-0.2, -0.15) is 0 Å². The van der Waals surface area contributed by atoms with Crippen LogP contribution in [-0.4, -0.2) is 31.1 Å². The van der Waals surface area contributed by atoms with Crippen LogP contribution in [0, 0.1) is 0 Å². The molecule has 0 radical (unpaired) electrons. The summed E-state index contributed by atoms with van der Waals surface area (Å²) in [5.74, 6) is 1.01. The van der Waals surface area contributed by atoms with Gasteiger partial charge in [0, 0.05) is 6.04 Å². The van der Waals surface area contributed by atoms with Gasteiger partial charge in [-0.25, -0.2) is 0 Å². The number of rotatable bonds is 5. The van der Waals surface area contributed by atoms with Gasteiger partial charge in [0.2, 0.25) is 0 Å². The molecule has 18 heavy (non-hydrogen) atoms. The molecule has 2 heteroatoms. The SMILES string of the molecule is CCc1ccc(OCCC2CCCCN2C)cc1. The summed E-state index contributed by atoms with van der Waals surface area (Å²) in [6, 6.07) is 9.20. The highest BCUT2D eigenvalue weighted by Crippen LogP contribution is 2.19. The Morgan fingerprint density at radius 2 is 2.00 bits per heavy atom. The monoisotopic (exact) mass is 247 g/mol. The first-order chi connectivity index (χ1) is 8.79. The molecule has 1 aliphatic rings. The highest BCUT2D eigenvalue weighted by atomic mass is 16.5. The minimum atomic E-state index is 0.716. The molecule has 0 aliphatic carbocycles. The molecule has 1 aliphatic heterocycles. The van der Waals surface area contributed by atoms with Crippen molar-refractivity contribution in [2.45, 2.75) is 45.1 Å². The normalized spacial score (nSPS) is 20.9. The van der Waals surface area contributed by atoms with Crippen LogP contribution in [0.2, 0.25) is 0 Å². The maximum atomic E-state index is 5.83. The van der Waals surface area contributed by atoms with Crippen molar-refractivity contribution in [3.63, 3.8) is 0 Å². The number of nitrogens with zero attached hydrogens (tertiary/aromatic N) is 1. The van der Waals surface area contributed by atoms with Crippen LogP contribution in [0.5, 0.6) is 5.75 Å². The van der Waals surface area contributed by atoms with Crippen LogP contribution in [0.1, 0.15) is 38.2 Å². The number of ether oxygens (including phenoxy) is 1. The van der Waals surface area contributed by atoms with Crippen LogP contribution in [-0.2, 0) is 6.42 Å². The molecule has 1 heterocycles. The van der Waals surface area contributed by atoms with E-state index in [1.165, 1.54) is 31.4 Å². The standard InChI is InChI=1S/C16H25NO/c1-3-14-7-9-16(10-8-14)18-13-11-15-6-4-5-12-17(15)2/h7-10,15H,3-6,11-13H2,1-2H3. The van der Waals surface area contributed by atoms with E-state index in [2.05, 4.69) is 43.1 Å². The fraction of sp³-hybridized carbons (Fsp3) is 0.625. The van der Waals surface area contributed by atoms with E-state index >= 15 is 0 Å². The van der Waals surface area contributed by atoms with Crippen LogP contribution in [0.25, 0.3) is 0 Å². The number of hydrogen-bond acceptors (Lipinski definition) is 2. The Morgan fingerprint density at radius 1 is 1.22 bits per heavy atom. The molecule has 1 aromatic rings. The number of piperidine rings is 1. The molecule has 1 atom stereocenters. The Labute approximate surface area is 111 Å². The largest absolute Gasteiger partial charge is 0.494 e. The van der Waals surface area contributed by atoms with Gasteiger partial charge in [-0.1, -0.05) is 25.5 Å². The van der Waals surface area contributed by atoms with E-state index in [0.29, 0.717) is 6.04 Å². The molecule has 1 saturated heterocycles. The predicted molar refractivity (Wildman–Crippen MR) is 76.2 cm³/mol. The molecule has 0 amide bonds. The Bertz CT molecular complexity index is 347. The van der Waals surface area contributed by atoms with Crippen LogP contribution in [0.3, 0.4) is 0 Å². The van der Waals surface area contributed by atoms with Gasteiger partial charge in [0.25, 0.3) is 0 Å². The van der Waals surface area contributed by atoms with Gasteiger partial charge in [0.1, 0.15) is 5.75 Å². The summed E-state index contributed by atoms with van der Waals surface area (Å²) in [4.78, 5) is 2.48. The Balaban J connectivity index is 1.73. The lowest BCUT2D eigenvalue weighted by molar-refractivity contribution is 0.153. The van der Waals surface area contributed by atoms with Crippen LogP contribution in [0.4, 0.5) is 0 Å². The van der Waals surface area contributed by atoms with E-state index in [9.17, 15) is 0 Å². The van der Waals surface area contributed by atoms with Crippen molar-refractivity contribution in [2.75, 3.05) is 20.2 Å². The molecule has 1 fully saturated rings. The lowest BCUT2D eigenvalue weighted by Gasteiger charge is -2.32. The fourth-order valence-corrected chi connectivity index (χ4v) is 2.64. The molecular formula is C16H25NO. The number of likely N-dealkylation sites (tertiary alicyclic amines) is 1. The number of benzene rings is 1. The van der Waals surface area contributed by atoms with Crippen molar-refractivity contribution in [3.8, 4) is 5.75 Å². The third-order valence-electron chi connectivity index (χ3n) is 3.97. The summed E-state index contributed by atoms with van der Waals surface area (Å²) in [5.41, 5.74) is 1.37. The summed E-state index contributed by atoms with van der Waals surface area (Å²) in [7, 11) is 2.24. The quantitative estimate of drug-likeness (QED) is 0.789. The molecule has 0 saturated carbocycles. The molecule has 0 N–H and O–H groups in total. The minimum absolute atomic E-state index is 0.716. The highest BCUT2D eigenvalue weighted by Gasteiger charge is 2.18. The second-order valence-corrected chi connectivity index (χ2v) is 5.26. The molecule has 0 spiro atoms. The maximum Gasteiger partial charge on any atom is 0.119 e. The first-order valence-corrected chi connectivity index (χ1v) is 7.21. The molecule has 0 bridgehead atoms. The van der Waals surface area contributed by atoms with Crippen molar-refractivity contribution in [3.05, 3.63) is 29.8 Å². The zero-order chi connectivity index (χ0) is 12.8. The van der Waals surface area contributed by atoms with Gasteiger partial charge in [0.15, 0.2) is 0 Å². The summed E-state index contributed by atoms with van der Waals surface area (Å²) >= 11 is 0. The predicted octanol–water partition coefficient (Wildman–Crippen LogP) is 3.50. The minimum Gasteiger partial charge on any atom is -0.494 e. The van der Waals surface area contributed by atoms with Gasteiger partial charge in [-0.3, -0.25) is 0 Å². The maximum absolute atomic E-state index is 5.83. The Morgan fingerprint density at radius 3 is 2.67 bits per heavy atom. The van der Waals surface area contributed by atoms with Crippen LogP contribution in [0.15, 0.2) is 24.3 Å². The van der Waals surface area contributed by atoms with Gasteiger partial charge < -0.3 is 9.64 Å². The first kappa shape index (κ1) is 13.4. The summed E-state index contributed by atoms with van der Waals surface area (Å²) in [6.45, 7) is 4.26. The summed E-state index contributed by atoms with van der Waals surface area (Å²) < 4.78 is 5.83. The van der Waals surface area contributed by atoms with E-state index in [1.54, 1.807) is 0 Å². The molecule has 100 valence electrons. The lowest BCUT2D eigenvalue weighted by atomic mass is 10.0. The van der Waals surface area contributed by atoms with E-state index in [4.69, 9.17) is 4.74 Å². The van der Waals surface area contributed by atoms with Gasteiger partial charge >= 0.3 is 0 Å². The van der Waals surface area contributed by atoms with Gasteiger partial charge in [-0.15, -0.1) is 0 Å². The van der Waals surface area contributed by atoms with Crippen molar-refractivity contribution in [1.29, 1.82) is 0 Å². The molecule has 2 rings (SSSR count). The topological polar surface area (TPSA) is 12.5 Å². The molecule has 2 nitrogen and oxygen atoms in total. The van der Waals surface area contributed by atoms with Gasteiger partial charge in [0.05, 0.1) is 6.61 Å². The van der Waals surface area contributed by atoms with E-state index in [-0.39, 0.29) is 0 Å². The second-order valence-electron chi connectivity index (χ2n) is 5.26. The molecule has 0 aromatic heterocycles. The zero-order valence-electron chi connectivity index (χ0n) is 11.7. The van der Waals surface area contributed by atoms with E-state index < -0.39 is 0 Å². The summed E-state index contributed by atoms with van der Waals surface area (Å²) in [5, 5.41) is 0. The average molecular weight is 247 g/mol. The average Bonchev–Trinajstić information content (AvgIpc) is 2.42. The third kappa shape index (κ3) is 3.74. The van der Waals surface area contributed by atoms with E-state index in [0.717, 1.165) is 25.2 Å². The zero-order valence-corrected chi connectivity index (χ0v) is 11.7. The Hall–Kier alpha value is -1.02. The van der Waals surface area contributed by atoms with Gasteiger partial charge in [-0.05, 0) is 57.0 Å². The van der Waals surface area contributed by atoms with Crippen molar-refractivity contribution < 1.29 is 4.74 Å². The van der Waals surface area contributed by atoms with E-state index in [1.807, 2.05) is 0 Å². The Kier molecular flexibility index (Phi) is 5.06. The number of aryl methyl sites for hydroxylation is 1. The van der Waals surface area contributed by atoms with Crippen molar-refractivity contribution in [2.24, 2.45) is 0 Å². The van der Waals surface area contributed by atoms with Crippen LogP contribution >= 0.6 is 0 Å². The smallest absolute Gasteiger partial charge is 0.119 e. The highest BCUT2D eigenvalue weighted by molar-refractivity contribution is 5.27. The van der Waals surface area contributed by atoms with Crippen LogP contribution < -0.4 is 4.74 Å².